The average Bonchev–Trinajstić information content (AvgIpc) is 2.84. The topological polar surface area (TPSA) is 25.2 Å². The Bertz CT molecular complexity index is 1650. The predicted octanol–water partition coefficient (Wildman–Crippen LogP) is 9.30. The van der Waals surface area contributed by atoms with Gasteiger partial charge in [0.15, 0.2) is 0 Å². The van der Waals surface area contributed by atoms with Crippen molar-refractivity contribution in [3.8, 4) is 16.8 Å². The van der Waals surface area contributed by atoms with Crippen molar-refractivity contribution in [2.45, 2.75) is 32.7 Å². The van der Waals surface area contributed by atoms with Crippen LogP contribution in [-0.2, 0) is 0 Å². The van der Waals surface area contributed by atoms with Gasteiger partial charge >= 0.3 is 0 Å². The molecule has 0 bridgehead atoms. The molecule has 0 saturated carbocycles. The monoisotopic (exact) mass is 588 g/mol. The van der Waals surface area contributed by atoms with Gasteiger partial charge in [-0.2, -0.15) is 0 Å². The molecule has 0 fully saturated rings. The fourth-order valence-electron chi connectivity index (χ4n) is 4.98. The highest BCUT2D eigenvalue weighted by Crippen LogP contribution is 2.40. The molecule has 0 atom stereocenters. The van der Waals surface area contributed by atoms with Gasteiger partial charge in [0.25, 0.3) is 5.56 Å². The first-order chi connectivity index (χ1) is 17.9. The summed E-state index contributed by atoms with van der Waals surface area (Å²) < 4.78 is 15.5. The molecular formula is C30H25Cl4FN2O. The largest absolute Gasteiger partial charge is 0.294 e. The number of hydrogen-bond donors (Lipinski definition) is 0. The lowest BCUT2D eigenvalue weighted by Crippen LogP contribution is -2.43. The van der Waals surface area contributed by atoms with Crippen LogP contribution in [0.2, 0.25) is 20.1 Å². The van der Waals surface area contributed by atoms with Gasteiger partial charge in [0, 0.05) is 40.7 Å². The molecular weight excluding hydrogens is 565 g/mol. The number of rotatable bonds is 3. The zero-order chi connectivity index (χ0) is 27.4. The molecule has 0 aliphatic carbocycles. The van der Waals surface area contributed by atoms with Gasteiger partial charge in [-0.25, -0.2) is 4.39 Å². The molecule has 0 N–H and O–H groups in total. The Morgan fingerprint density at radius 1 is 0.842 bits per heavy atom. The van der Waals surface area contributed by atoms with E-state index in [0.29, 0.717) is 21.8 Å². The molecule has 0 unspecified atom stereocenters. The number of nitrogens with zero attached hydrogens (tertiary/aromatic N) is 2. The lowest BCUT2D eigenvalue weighted by Gasteiger charge is -2.37. The Kier molecular flexibility index (Phi) is 7.40. The van der Waals surface area contributed by atoms with E-state index in [2.05, 4.69) is 37.8 Å². The quantitative estimate of drug-likeness (QED) is 0.238. The van der Waals surface area contributed by atoms with Crippen molar-refractivity contribution in [2.24, 2.45) is 0 Å². The zero-order valence-electron chi connectivity index (χ0n) is 21.1. The van der Waals surface area contributed by atoms with Crippen LogP contribution < -0.4 is 5.56 Å². The van der Waals surface area contributed by atoms with Gasteiger partial charge < -0.3 is 0 Å². The Hall–Kier alpha value is -2.34. The number of pyridine rings is 1. The summed E-state index contributed by atoms with van der Waals surface area (Å²) in [6.45, 7) is 8.31. The van der Waals surface area contributed by atoms with Gasteiger partial charge in [0.2, 0.25) is 0 Å². The maximum Gasteiger partial charge on any atom is 0.255 e. The molecule has 0 amide bonds. The third-order valence-electron chi connectivity index (χ3n) is 6.97. The van der Waals surface area contributed by atoms with Gasteiger partial charge in [0.05, 0.1) is 26.3 Å². The Labute approximate surface area is 241 Å². The van der Waals surface area contributed by atoms with E-state index in [9.17, 15) is 9.18 Å². The number of halogens is 5. The molecule has 38 heavy (non-hydrogen) atoms. The number of benzene rings is 3. The molecule has 1 aromatic heterocycles. The van der Waals surface area contributed by atoms with Crippen molar-refractivity contribution in [3.63, 3.8) is 0 Å². The third-order valence-corrected chi connectivity index (χ3v) is 8.07. The van der Waals surface area contributed by atoms with Crippen LogP contribution >= 0.6 is 46.4 Å². The van der Waals surface area contributed by atoms with Gasteiger partial charge in [-0.3, -0.25) is 14.3 Å². The molecule has 196 valence electrons. The molecule has 2 heterocycles. The van der Waals surface area contributed by atoms with Crippen LogP contribution in [0.3, 0.4) is 0 Å². The van der Waals surface area contributed by atoms with Gasteiger partial charge in [-0.05, 0) is 92.4 Å². The van der Waals surface area contributed by atoms with E-state index in [-0.39, 0.29) is 26.2 Å². The minimum Gasteiger partial charge on any atom is -0.294 e. The van der Waals surface area contributed by atoms with Crippen LogP contribution in [0.25, 0.3) is 33.3 Å². The van der Waals surface area contributed by atoms with Crippen LogP contribution in [0, 0.1) is 5.82 Å². The zero-order valence-corrected chi connectivity index (χ0v) is 24.1. The van der Waals surface area contributed by atoms with Gasteiger partial charge in [0.1, 0.15) is 5.82 Å². The van der Waals surface area contributed by atoms with E-state index in [1.807, 2.05) is 6.07 Å². The number of fused-ring (bicyclic) bond motifs is 1. The smallest absolute Gasteiger partial charge is 0.255 e. The summed E-state index contributed by atoms with van der Waals surface area (Å²) in [6.07, 6.45) is 3.05. The minimum absolute atomic E-state index is 0.0563. The lowest BCUT2D eigenvalue weighted by atomic mass is 9.91. The number of aromatic nitrogens is 1. The summed E-state index contributed by atoms with van der Waals surface area (Å²) in [5.41, 5.74) is 4.25. The van der Waals surface area contributed by atoms with Crippen molar-refractivity contribution in [2.75, 3.05) is 13.1 Å². The molecule has 1 aliphatic heterocycles. The predicted molar refractivity (Wildman–Crippen MR) is 159 cm³/mol. The first-order valence-electron chi connectivity index (χ1n) is 12.2. The molecule has 3 aromatic carbocycles. The van der Waals surface area contributed by atoms with E-state index >= 15 is 0 Å². The standard InChI is InChI=1S/C30H25Cl4FN2O/c1-30(2,3)36-10-8-17(9-11-36)18-12-23(21-5-4-20(35)16-24(21)32)22-6-7-28(38)37(27(22)13-18)29-25(33)14-19(31)15-26(29)34/h4-8,12-16H,9-11H2,1-3H3. The highest BCUT2D eigenvalue weighted by atomic mass is 35.5. The van der Waals surface area contributed by atoms with Gasteiger partial charge in [-0.1, -0.05) is 52.5 Å². The summed E-state index contributed by atoms with van der Waals surface area (Å²) in [5, 5.41) is 1.90. The summed E-state index contributed by atoms with van der Waals surface area (Å²) in [6, 6.07) is 14.7. The van der Waals surface area contributed by atoms with Crippen molar-refractivity contribution < 1.29 is 4.39 Å². The van der Waals surface area contributed by atoms with Crippen LogP contribution in [0.15, 0.2) is 65.5 Å². The van der Waals surface area contributed by atoms with E-state index < -0.39 is 5.82 Å². The molecule has 3 nitrogen and oxygen atoms in total. The summed E-state index contributed by atoms with van der Waals surface area (Å²) in [7, 11) is 0. The van der Waals surface area contributed by atoms with Crippen molar-refractivity contribution in [1.82, 2.24) is 9.47 Å². The van der Waals surface area contributed by atoms with Gasteiger partial charge in [-0.15, -0.1) is 0 Å². The van der Waals surface area contributed by atoms with E-state index in [0.717, 1.165) is 41.6 Å². The lowest BCUT2D eigenvalue weighted by molar-refractivity contribution is 0.153. The Morgan fingerprint density at radius 3 is 2.16 bits per heavy atom. The van der Waals surface area contributed by atoms with Crippen LogP contribution in [-0.4, -0.2) is 28.1 Å². The second-order valence-electron chi connectivity index (χ2n) is 10.4. The maximum atomic E-state index is 14.0. The first-order valence-corrected chi connectivity index (χ1v) is 13.7. The van der Waals surface area contributed by atoms with Crippen molar-refractivity contribution in [3.05, 3.63) is 102 Å². The highest BCUT2D eigenvalue weighted by Gasteiger charge is 2.25. The van der Waals surface area contributed by atoms with E-state index in [1.54, 1.807) is 24.3 Å². The maximum absolute atomic E-state index is 14.0. The van der Waals surface area contributed by atoms with Crippen LogP contribution in [0.1, 0.15) is 32.8 Å². The minimum atomic E-state index is -0.423. The van der Waals surface area contributed by atoms with E-state index in [4.69, 9.17) is 46.4 Å². The normalized spacial score (nSPS) is 14.7. The first kappa shape index (κ1) is 27.2. The Morgan fingerprint density at radius 2 is 1.55 bits per heavy atom. The second kappa shape index (κ2) is 10.3. The third kappa shape index (κ3) is 5.13. The molecule has 0 spiro atoms. The van der Waals surface area contributed by atoms with Crippen molar-refractivity contribution >= 4 is 62.9 Å². The second-order valence-corrected chi connectivity index (χ2v) is 12.1. The molecule has 1 aliphatic rings. The highest BCUT2D eigenvalue weighted by molar-refractivity contribution is 6.40. The molecule has 8 heteroatoms. The van der Waals surface area contributed by atoms with Crippen molar-refractivity contribution in [1.29, 1.82) is 0 Å². The summed E-state index contributed by atoms with van der Waals surface area (Å²) in [4.78, 5) is 15.8. The summed E-state index contributed by atoms with van der Waals surface area (Å²) in [5.74, 6) is -0.423. The Balaban J connectivity index is 1.83. The number of hydrogen-bond acceptors (Lipinski definition) is 2. The van der Waals surface area contributed by atoms with Crippen LogP contribution in [0.5, 0.6) is 0 Å². The molecule has 0 radical (unpaired) electrons. The molecule has 5 rings (SSSR count). The average molecular weight is 590 g/mol. The fourth-order valence-corrected chi connectivity index (χ4v) is 6.24. The summed E-state index contributed by atoms with van der Waals surface area (Å²) >= 11 is 25.9. The molecule has 0 saturated heterocycles. The van der Waals surface area contributed by atoms with E-state index in [1.165, 1.54) is 22.8 Å². The molecule has 4 aromatic rings. The van der Waals surface area contributed by atoms with Crippen LogP contribution in [0.4, 0.5) is 4.39 Å². The fraction of sp³-hybridized carbons (Fsp3) is 0.233. The SMILES string of the molecule is CC(C)(C)N1CC=C(c2cc(-c3ccc(F)cc3Cl)c3ccc(=O)n(-c4c(Cl)cc(Cl)cc4Cl)c3c2)CC1.